The third-order valence-corrected chi connectivity index (χ3v) is 7.23. The molecular weight excluding hydrogens is 445 g/mol. The number of halogens is 1. The summed E-state index contributed by atoms with van der Waals surface area (Å²) < 4.78 is 47.2. The van der Waals surface area contributed by atoms with Crippen molar-refractivity contribution in [2.75, 3.05) is 32.8 Å². The van der Waals surface area contributed by atoms with E-state index in [1.54, 1.807) is 38.1 Å². The maximum atomic E-state index is 13.5. The molecule has 0 spiro atoms. The Balaban J connectivity index is 1.73. The number of sulfonamides is 1. The normalized spacial score (nSPS) is 17.0. The summed E-state index contributed by atoms with van der Waals surface area (Å²) in [5.41, 5.74) is 1.82. The number of nitrogens with zero attached hydrogens (tertiary/aromatic N) is 1. The van der Waals surface area contributed by atoms with Gasteiger partial charge in [0.25, 0.3) is 0 Å². The van der Waals surface area contributed by atoms with E-state index in [1.165, 1.54) is 24.3 Å². The van der Waals surface area contributed by atoms with Crippen molar-refractivity contribution in [1.82, 2.24) is 14.9 Å². The first-order valence-corrected chi connectivity index (χ1v) is 12.6. The summed E-state index contributed by atoms with van der Waals surface area (Å²) in [6.45, 7) is 8.26. The predicted octanol–water partition coefficient (Wildman–Crippen LogP) is 2.63. The monoisotopic (exact) mass is 477 g/mol. The summed E-state index contributed by atoms with van der Waals surface area (Å²) in [6, 6.07) is 11.6. The lowest BCUT2D eigenvalue weighted by Gasteiger charge is -2.35. The maximum absolute atomic E-state index is 13.5. The molecule has 0 radical (unpaired) electrons. The van der Waals surface area contributed by atoms with E-state index in [0.717, 1.165) is 11.1 Å². The standard InChI is InChI=1S/C24H32FN3O4S/c1-17(2)23(27-33(30,31)21-10-4-18(3)5-11-21)24(29)26-16-22(28-12-14-32-15-13-28)19-6-8-20(25)9-7-19/h4-11,17,22-23,27H,12-16H2,1-3H3,(H,26,29)/t22-,23+/m1/s1. The van der Waals surface area contributed by atoms with Gasteiger partial charge in [-0.2, -0.15) is 4.72 Å². The molecule has 2 atom stereocenters. The number of amides is 1. The Morgan fingerprint density at radius 3 is 2.24 bits per heavy atom. The zero-order valence-electron chi connectivity index (χ0n) is 19.3. The van der Waals surface area contributed by atoms with Gasteiger partial charge in [0.15, 0.2) is 0 Å². The molecule has 2 aromatic carbocycles. The molecule has 180 valence electrons. The van der Waals surface area contributed by atoms with Gasteiger partial charge >= 0.3 is 0 Å². The van der Waals surface area contributed by atoms with Crippen molar-refractivity contribution in [2.45, 2.75) is 37.8 Å². The third-order valence-electron chi connectivity index (χ3n) is 5.77. The van der Waals surface area contributed by atoms with Gasteiger partial charge in [0.2, 0.25) is 15.9 Å². The number of hydrogen-bond donors (Lipinski definition) is 2. The van der Waals surface area contributed by atoms with Crippen LogP contribution in [0.4, 0.5) is 4.39 Å². The van der Waals surface area contributed by atoms with E-state index in [1.807, 2.05) is 6.92 Å². The van der Waals surface area contributed by atoms with Gasteiger partial charge in [-0.1, -0.05) is 43.7 Å². The average Bonchev–Trinajstić information content (AvgIpc) is 2.79. The molecule has 33 heavy (non-hydrogen) atoms. The average molecular weight is 478 g/mol. The molecule has 1 fully saturated rings. The van der Waals surface area contributed by atoms with Crippen molar-refractivity contribution in [3.63, 3.8) is 0 Å². The highest BCUT2D eigenvalue weighted by Crippen LogP contribution is 2.22. The topological polar surface area (TPSA) is 87.7 Å². The Bertz CT molecular complexity index is 1020. The van der Waals surface area contributed by atoms with Gasteiger partial charge in [0.1, 0.15) is 11.9 Å². The molecular formula is C24H32FN3O4S. The number of morpholine rings is 1. The van der Waals surface area contributed by atoms with E-state index < -0.39 is 22.0 Å². The number of aryl methyl sites for hydroxylation is 1. The van der Waals surface area contributed by atoms with Crippen LogP contribution in [-0.4, -0.2) is 58.1 Å². The minimum Gasteiger partial charge on any atom is -0.379 e. The molecule has 1 aliphatic heterocycles. The van der Waals surface area contributed by atoms with Crippen molar-refractivity contribution in [2.24, 2.45) is 5.92 Å². The quantitative estimate of drug-likeness (QED) is 0.580. The molecule has 0 saturated carbocycles. The van der Waals surface area contributed by atoms with Gasteiger partial charge in [-0.15, -0.1) is 0 Å². The summed E-state index contributed by atoms with van der Waals surface area (Å²) in [5.74, 6) is -0.993. The van der Waals surface area contributed by atoms with Crippen LogP contribution in [0, 0.1) is 18.7 Å². The summed E-state index contributed by atoms with van der Waals surface area (Å²) >= 11 is 0. The van der Waals surface area contributed by atoms with Crippen molar-refractivity contribution < 1.29 is 22.3 Å². The van der Waals surface area contributed by atoms with Gasteiger partial charge in [-0.25, -0.2) is 12.8 Å². The SMILES string of the molecule is Cc1ccc(S(=O)(=O)N[C@H](C(=O)NC[C@H](c2ccc(F)cc2)N2CCOCC2)C(C)C)cc1. The van der Waals surface area contributed by atoms with E-state index in [2.05, 4.69) is 14.9 Å². The first-order chi connectivity index (χ1) is 15.7. The zero-order chi connectivity index (χ0) is 24.0. The number of rotatable bonds is 9. The molecule has 7 nitrogen and oxygen atoms in total. The second-order valence-electron chi connectivity index (χ2n) is 8.62. The molecule has 1 amide bonds. The van der Waals surface area contributed by atoms with Crippen molar-refractivity contribution in [3.8, 4) is 0 Å². The molecule has 1 heterocycles. The second-order valence-corrected chi connectivity index (χ2v) is 10.3. The highest BCUT2D eigenvalue weighted by atomic mass is 32.2. The van der Waals surface area contributed by atoms with Gasteiger partial charge in [-0.05, 0) is 42.7 Å². The van der Waals surface area contributed by atoms with Crippen molar-refractivity contribution in [1.29, 1.82) is 0 Å². The van der Waals surface area contributed by atoms with Gasteiger partial charge in [0.05, 0.1) is 24.2 Å². The Morgan fingerprint density at radius 1 is 1.06 bits per heavy atom. The van der Waals surface area contributed by atoms with Crippen LogP contribution >= 0.6 is 0 Å². The van der Waals surface area contributed by atoms with Gasteiger partial charge in [0, 0.05) is 19.6 Å². The largest absolute Gasteiger partial charge is 0.379 e. The second kappa shape index (κ2) is 11.2. The smallest absolute Gasteiger partial charge is 0.241 e. The minimum absolute atomic E-state index is 0.115. The Morgan fingerprint density at radius 2 is 1.67 bits per heavy atom. The molecule has 9 heteroatoms. The fraction of sp³-hybridized carbons (Fsp3) is 0.458. The predicted molar refractivity (Wildman–Crippen MR) is 125 cm³/mol. The highest BCUT2D eigenvalue weighted by Gasteiger charge is 2.30. The fourth-order valence-corrected chi connectivity index (χ4v) is 5.13. The van der Waals surface area contributed by atoms with Crippen molar-refractivity contribution in [3.05, 3.63) is 65.5 Å². The van der Waals surface area contributed by atoms with Crippen LogP contribution in [0.3, 0.4) is 0 Å². The highest BCUT2D eigenvalue weighted by molar-refractivity contribution is 7.89. The number of hydrogen-bond acceptors (Lipinski definition) is 5. The van der Waals surface area contributed by atoms with E-state index in [0.29, 0.717) is 26.3 Å². The first-order valence-electron chi connectivity index (χ1n) is 11.1. The molecule has 0 aliphatic carbocycles. The van der Waals surface area contributed by atoms with E-state index in [4.69, 9.17) is 4.74 Å². The Labute approximate surface area is 195 Å². The Kier molecular flexibility index (Phi) is 8.58. The maximum Gasteiger partial charge on any atom is 0.241 e. The Hall–Kier alpha value is -2.33. The first kappa shape index (κ1) is 25.3. The number of ether oxygens (including phenoxy) is 1. The molecule has 2 aromatic rings. The van der Waals surface area contributed by atoms with E-state index in [-0.39, 0.29) is 29.2 Å². The van der Waals surface area contributed by atoms with Crippen molar-refractivity contribution >= 4 is 15.9 Å². The third kappa shape index (κ3) is 6.83. The summed E-state index contributed by atoms with van der Waals surface area (Å²) in [7, 11) is -3.86. The number of benzene rings is 2. The molecule has 0 unspecified atom stereocenters. The van der Waals surface area contributed by atoms with Crippen LogP contribution < -0.4 is 10.0 Å². The van der Waals surface area contributed by atoms with Crippen LogP contribution in [0.25, 0.3) is 0 Å². The number of carbonyl (C=O) groups is 1. The van der Waals surface area contributed by atoms with Crippen LogP contribution in [0.15, 0.2) is 53.4 Å². The molecule has 1 saturated heterocycles. The molecule has 1 aliphatic rings. The molecule has 0 bridgehead atoms. The lowest BCUT2D eigenvalue weighted by atomic mass is 10.0. The molecule has 0 aromatic heterocycles. The minimum atomic E-state index is -3.86. The van der Waals surface area contributed by atoms with Crippen LogP contribution in [0.1, 0.15) is 31.0 Å². The number of carbonyl (C=O) groups excluding carboxylic acids is 1. The zero-order valence-corrected chi connectivity index (χ0v) is 20.1. The molecule has 3 rings (SSSR count). The lowest BCUT2D eigenvalue weighted by molar-refractivity contribution is -0.124. The van der Waals surface area contributed by atoms with E-state index >= 15 is 0 Å². The summed E-state index contributed by atoms with van der Waals surface area (Å²) in [6.07, 6.45) is 0. The van der Waals surface area contributed by atoms with Gasteiger partial charge in [-0.3, -0.25) is 9.69 Å². The molecule has 2 N–H and O–H groups in total. The summed E-state index contributed by atoms with van der Waals surface area (Å²) in [5, 5.41) is 2.92. The van der Waals surface area contributed by atoms with Gasteiger partial charge < -0.3 is 10.1 Å². The number of nitrogens with one attached hydrogen (secondary N) is 2. The fourth-order valence-electron chi connectivity index (χ4n) is 3.78. The summed E-state index contributed by atoms with van der Waals surface area (Å²) in [4.78, 5) is 15.4. The van der Waals surface area contributed by atoms with Crippen LogP contribution in [-0.2, 0) is 19.6 Å². The lowest BCUT2D eigenvalue weighted by Crippen LogP contribution is -2.51. The van der Waals surface area contributed by atoms with Crippen LogP contribution in [0.5, 0.6) is 0 Å². The van der Waals surface area contributed by atoms with Crippen LogP contribution in [0.2, 0.25) is 0 Å². The van der Waals surface area contributed by atoms with E-state index in [9.17, 15) is 17.6 Å².